The van der Waals surface area contributed by atoms with E-state index in [2.05, 4.69) is 37.3 Å². The number of anilines is 1. The third-order valence-electron chi connectivity index (χ3n) is 5.62. The molecular weight excluding hydrogens is 400 g/mol. The van der Waals surface area contributed by atoms with Gasteiger partial charge in [0.2, 0.25) is 0 Å². The van der Waals surface area contributed by atoms with Crippen LogP contribution in [0.1, 0.15) is 25.1 Å². The number of benzene rings is 1. The van der Waals surface area contributed by atoms with Crippen molar-refractivity contribution in [1.82, 2.24) is 29.5 Å². The van der Waals surface area contributed by atoms with Gasteiger partial charge in [-0.15, -0.1) is 10.2 Å². The molecule has 0 bridgehead atoms. The Hall–Kier alpha value is -4.38. The summed E-state index contributed by atoms with van der Waals surface area (Å²) in [5.41, 5.74) is 11.9. The fourth-order valence-corrected chi connectivity index (χ4v) is 3.62. The molecule has 4 aromatic heterocycles. The van der Waals surface area contributed by atoms with Gasteiger partial charge in [0.25, 0.3) is 0 Å². The van der Waals surface area contributed by atoms with Crippen LogP contribution in [0.2, 0.25) is 0 Å². The molecule has 0 radical (unpaired) electrons. The Bertz CT molecular complexity index is 1520. The van der Waals surface area contributed by atoms with Gasteiger partial charge >= 0.3 is 0 Å². The van der Waals surface area contributed by atoms with Gasteiger partial charge in [-0.2, -0.15) is 5.26 Å². The van der Waals surface area contributed by atoms with Crippen LogP contribution in [-0.2, 0) is 5.41 Å². The van der Waals surface area contributed by atoms with Gasteiger partial charge in [-0.25, -0.2) is 4.98 Å². The second-order valence-corrected chi connectivity index (χ2v) is 8.27. The minimum absolute atomic E-state index is 0.523. The number of hydrogen-bond donors (Lipinski definition) is 1. The molecule has 8 nitrogen and oxygen atoms in total. The van der Waals surface area contributed by atoms with Gasteiger partial charge in [-0.3, -0.25) is 14.4 Å². The lowest BCUT2D eigenvalue weighted by Gasteiger charge is -2.14. The van der Waals surface area contributed by atoms with E-state index in [9.17, 15) is 5.26 Å². The summed E-state index contributed by atoms with van der Waals surface area (Å²) in [7, 11) is 0. The molecule has 4 heterocycles. The van der Waals surface area contributed by atoms with Crippen molar-refractivity contribution in [2.45, 2.75) is 26.2 Å². The first-order chi connectivity index (χ1) is 15.4. The summed E-state index contributed by atoms with van der Waals surface area (Å²) in [6.45, 7) is 5.63. The number of nitrogen functional groups attached to an aromatic ring is 1. The molecule has 5 rings (SSSR count). The predicted octanol–water partition coefficient (Wildman–Crippen LogP) is 4.09. The van der Waals surface area contributed by atoms with E-state index in [0.29, 0.717) is 23.0 Å². The van der Waals surface area contributed by atoms with Gasteiger partial charge < -0.3 is 5.73 Å². The Balaban J connectivity index is 1.69. The smallest absolute Gasteiger partial charge is 0.180 e. The van der Waals surface area contributed by atoms with Crippen LogP contribution in [0.3, 0.4) is 0 Å². The third-order valence-corrected chi connectivity index (χ3v) is 5.62. The Morgan fingerprint density at radius 1 is 0.906 bits per heavy atom. The van der Waals surface area contributed by atoms with Gasteiger partial charge in [-0.1, -0.05) is 6.07 Å². The van der Waals surface area contributed by atoms with Crippen LogP contribution in [0.25, 0.3) is 39.2 Å². The number of aromatic nitrogens is 6. The summed E-state index contributed by atoms with van der Waals surface area (Å²) < 4.78 is 1.97. The molecule has 0 saturated carbocycles. The second-order valence-electron chi connectivity index (χ2n) is 8.27. The van der Waals surface area contributed by atoms with Crippen molar-refractivity contribution < 1.29 is 0 Å². The zero-order chi connectivity index (χ0) is 22.5. The Kier molecular flexibility index (Phi) is 4.34. The quantitative estimate of drug-likeness (QED) is 0.467. The number of aryl methyl sites for hydroxylation is 1. The molecule has 2 N–H and O–H groups in total. The number of fused-ring (bicyclic) bond motifs is 3. The number of pyridine rings is 2. The van der Waals surface area contributed by atoms with Crippen LogP contribution in [0.15, 0.2) is 55.0 Å². The molecule has 5 aromatic rings. The third kappa shape index (κ3) is 3.11. The zero-order valence-electron chi connectivity index (χ0n) is 17.9. The Morgan fingerprint density at radius 3 is 2.41 bits per heavy atom. The molecule has 0 fully saturated rings. The number of hydrogen-bond acceptors (Lipinski definition) is 7. The molecule has 0 atom stereocenters. The van der Waals surface area contributed by atoms with Crippen molar-refractivity contribution in [3.05, 3.63) is 66.2 Å². The van der Waals surface area contributed by atoms with Crippen LogP contribution in [0.4, 0.5) is 5.82 Å². The fraction of sp³-hybridized carbons (Fsp3) is 0.167. The van der Waals surface area contributed by atoms with Crippen LogP contribution in [0.5, 0.6) is 0 Å². The highest BCUT2D eigenvalue weighted by atomic mass is 15.3. The molecule has 0 unspecified atom stereocenters. The number of nitrogens with two attached hydrogens (primary N) is 1. The lowest BCUT2D eigenvalue weighted by Crippen LogP contribution is -2.15. The molecule has 156 valence electrons. The fourth-order valence-electron chi connectivity index (χ4n) is 3.62. The standard InChI is InChI=1S/C24H20N8/c1-14-8-17(11-29-22(14)26)15-4-6-18-19(9-15)32-21(12-27-18)30-31-23(32)16-5-7-20(28-10-16)24(2,3)13-25/h4-12H,1-3H3,(H2,26,29). The summed E-state index contributed by atoms with van der Waals surface area (Å²) in [4.78, 5) is 13.3. The van der Waals surface area contributed by atoms with Gasteiger partial charge in [-0.05, 0) is 62.2 Å². The summed E-state index contributed by atoms with van der Waals surface area (Å²) >= 11 is 0. The Morgan fingerprint density at radius 2 is 1.69 bits per heavy atom. The SMILES string of the molecule is Cc1cc(-c2ccc3ncc4nnc(-c5ccc(C(C)(C)C#N)nc5)n4c3c2)cnc1N. The minimum atomic E-state index is -0.664. The van der Waals surface area contributed by atoms with E-state index in [-0.39, 0.29) is 0 Å². The van der Waals surface area contributed by atoms with E-state index < -0.39 is 5.41 Å². The maximum atomic E-state index is 9.38. The monoisotopic (exact) mass is 420 g/mol. The lowest BCUT2D eigenvalue weighted by atomic mass is 9.90. The van der Waals surface area contributed by atoms with Crippen molar-refractivity contribution in [2.75, 3.05) is 5.73 Å². The lowest BCUT2D eigenvalue weighted by molar-refractivity contribution is 0.659. The van der Waals surface area contributed by atoms with Gasteiger partial charge in [0.05, 0.1) is 34.4 Å². The van der Waals surface area contributed by atoms with Crippen LogP contribution >= 0.6 is 0 Å². The van der Waals surface area contributed by atoms with Crippen molar-refractivity contribution >= 4 is 22.5 Å². The van der Waals surface area contributed by atoms with E-state index >= 15 is 0 Å². The number of nitriles is 1. The van der Waals surface area contributed by atoms with Crippen molar-refractivity contribution in [2.24, 2.45) is 0 Å². The highest BCUT2D eigenvalue weighted by Gasteiger charge is 2.22. The van der Waals surface area contributed by atoms with Crippen molar-refractivity contribution in [3.8, 4) is 28.6 Å². The molecule has 0 aliphatic rings. The largest absolute Gasteiger partial charge is 0.383 e. The highest BCUT2D eigenvalue weighted by molar-refractivity contribution is 5.85. The normalized spacial score (nSPS) is 11.7. The minimum Gasteiger partial charge on any atom is -0.383 e. The van der Waals surface area contributed by atoms with Crippen molar-refractivity contribution in [3.63, 3.8) is 0 Å². The van der Waals surface area contributed by atoms with Crippen LogP contribution < -0.4 is 5.73 Å². The average Bonchev–Trinajstić information content (AvgIpc) is 3.25. The molecule has 0 spiro atoms. The average molecular weight is 420 g/mol. The van der Waals surface area contributed by atoms with E-state index in [1.807, 2.05) is 55.5 Å². The maximum absolute atomic E-state index is 9.38. The van der Waals surface area contributed by atoms with Crippen molar-refractivity contribution in [1.29, 1.82) is 5.26 Å². The summed E-state index contributed by atoms with van der Waals surface area (Å²) in [5, 5.41) is 18.1. The predicted molar refractivity (Wildman–Crippen MR) is 123 cm³/mol. The first kappa shape index (κ1) is 19.6. The Labute approximate surface area is 184 Å². The van der Waals surface area contributed by atoms with Crippen LogP contribution in [-0.4, -0.2) is 29.5 Å². The molecule has 1 aromatic carbocycles. The molecule has 0 aliphatic heterocycles. The topological polar surface area (TPSA) is 119 Å². The summed E-state index contributed by atoms with van der Waals surface area (Å²) in [5.74, 6) is 1.18. The molecule has 8 heteroatoms. The second kappa shape index (κ2) is 7.10. The summed E-state index contributed by atoms with van der Waals surface area (Å²) in [6, 6.07) is 14.1. The number of rotatable bonds is 3. The highest BCUT2D eigenvalue weighted by Crippen LogP contribution is 2.29. The zero-order valence-corrected chi connectivity index (χ0v) is 17.9. The maximum Gasteiger partial charge on any atom is 0.180 e. The van der Waals surface area contributed by atoms with Gasteiger partial charge in [0.1, 0.15) is 5.82 Å². The molecule has 0 amide bonds. The molecule has 0 aliphatic carbocycles. The van der Waals surface area contributed by atoms with Gasteiger partial charge in [0, 0.05) is 23.5 Å². The van der Waals surface area contributed by atoms with E-state index in [0.717, 1.165) is 33.3 Å². The van der Waals surface area contributed by atoms with E-state index in [4.69, 9.17) is 5.73 Å². The van der Waals surface area contributed by atoms with Gasteiger partial charge in [0.15, 0.2) is 11.5 Å². The van der Waals surface area contributed by atoms with E-state index in [1.165, 1.54) is 0 Å². The first-order valence-corrected chi connectivity index (χ1v) is 10.1. The molecule has 0 saturated heterocycles. The molecule has 32 heavy (non-hydrogen) atoms. The number of nitrogens with zero attached hydrogens (tertiary/aromatic N) is 7. The first-order valence-electron chi connectivity index (χ1n) is 10.1. The van der Waals surface area contributed by atoms with Crippen LogP contribution in [0, 0.1) is 18.3 Å². The summed E-state index contributed by atoms with van der Waals surface area (Å²) in [6.07, 6.45) is 5.20. The van der Waals surface area contributed by atoms with E-state index in [1.54, 1.807) is 18.6 Å². The molecular formula is C24H20N8.